The number of carbonyl (C=O) groups excluding carboxylic acids is 1. The minimum absolute atomic E-state index is 0.0676. The molecule has 0 aromatic heterocycles. The van der Waals surface area contributed by atoms with E-state index in [0.29, 0.717) is 24.5 Å². The van der Waals surface area contributed by atoms with E-state index in [-0.39, 0.29) is 12.5 Å². The largest absolute Gasteiger partial charge is 0.378 e. The number of hydrogen-bond donors (Lipinski definition) is 2. The summed E-state index contributed by atoms with van der Waals surface area (Å²) in [5.74, 6) is 0.861. The maximum atomic E-state index is 13.5. The molecule has 1 aromatic rings. The van der Waals surface area contributed by atoms with Gasteiger partial charge in [0.2, 0.25) is 5.91 Å². The average molecular weight is 599 g/mol. The number of benzene rings is 1. The van der Waals surface area contributed by atoms with E-state index >= 15 is 0 Å². The van der Waals surface area contributed by atoms with Crippen molar-refractivity contribution in [3.63, 3.8) is 0 Å². The van der Waals surface area contributed by atoms with Crippen LogP contribution in [-0.2, 0) is 11.3 Å². The van der Waals surface area contributed by atoms with E-state index in [0.717, 1.165) is 47.7 Å². The van der Waals surface area contributed by atoms with Crippen LogP contribution in [0.4, 0.5) is 0 Å². The van der Waals surface area contributed by atoms with Crippen LogP contribution in [0.5, 0.6) is 0 Å². The number of aliphatic hydroxyl groups is 1. The summed E-state index contributed by atoms with van der Waals surface area (Å²) in [6.45, 7) is 20.6. The molecule has 0 spiro atoms. The molecule has 0 aliphatic carbocycles. The number of amides is 1. The minimum Gasteiger partial charge on any atom is -0.378 e. The lowest BCUT2D eigenvalue weighted by Gasteiger charge is -2.30. The molecule has 1 unspecified atom stereocenters. The molecule has 2 N–H and O–H groups in total. The molecule has 1 amide bonds. The fraction of sp³-hybridized carbons (Fsp3) is 0.486. The predicted molar refractivity (Wildman–Crippen MR) is 183 cm³/mol. The third-order valence-electron chi connectivity index (χ3n) is 6.20. The second kappa shape index (κ2) is 23.6. The second-order valence-corrected chi connectivity index (χ2v) is 9.46. The van der Waals surface area contributed by atoms with Crippen LogP contribution in [0, 0.1) is 0 Å². The van der Waals surface area contributed by atoms with Gasteiger partial charge < -0.3 is 15.3 Å². The molecule has 2 aliphatic rings. The molecule has 2 heterocycles. The van der Waals surface area contributed by atoms with Crippen LogP contribution < -0.4 is 5.32 Å². The lowest BCUT2D eigenvalue weighted by atomic mass is 10.1. The van der Waals surface area contributed by atoms with Gasteiger partial charge in [0.05, 0.1) is 13.1 Å². The van der Waals surface area contributed by atoms with Crippen molar-refractivity contribution in [1.29, 1.82) is 0 Å². The second-order valence-electron chi connectivity index (χ2n) is 9.02. The highest BCUT2D eigenvalue weighted by atomic mass is 35.5. The van der Waals surface area contributed by atoms with E-state index < -0.39 is 6.23 Å². The number of hydrogen-bond acceptors (Lipinski definition) is 5. The van der Waals surface area contributed by atoms with Crippen LogP contribution in [0.3, 0.4) is 0 Å². The van der Waals surface area contributed by atoms with Crippen LogP contribution in [0.2, 0.25) is 0 Å². The van der Waals surface area contributed by atoms with Crippen LogP contribution in [0.15, 0.2) is 88.1 Å². The first-order valence-electron chi connectivity index (χ1n) is 15.5. The van der Waals surface area contributed by atoms with Gasteiger partial charge in [0.15, 0.2) is 0 Å². The molecular formula is C35H55ClN4O2. The van der Waals surface area contributed by atoms with Crippen LogP contribution in [0.25, 0.3) is 0 Å². The number of aliphatic hydroxyl groups excluding tert-OH is 1. The highest BCUT2D eigenvalue weighted by Gasteiger charge is 2.23. The first-order valence-corrected chi connectivity index (χ1v) is 15.9. The molecule has 1 atom stereocenters. The quantitative estimate of drug-likeness (QED) is 0.312. The van der Waals surface area contributed by atoms with Gasteiger partial charge in [0.1, 0.15) is 12.1 Å². The molecule has 0 bridgehead atoms. The molecule has 42 heavy (non-hydrogen) atoms. The van der Waals surface area contributed by atoms with Crippen LogP contribution in [-0.4, -0.2) is 59.1 Å². The molecular weight excluding hydrogens is 544 g/mol. The number of nitrogens with zero attached hydrogens (tertiary/aromatic N) is 3. The summed E-state index contributed by atoms with van der Waals surface area (Å²) in [6, 6.07) is 8.19. The molecule has 0 saturated carbocycles. The number of amidine groups is 1. The topological polar surface area (TPSA) is 68.2 Å². The van der Waals surface area contributed by atoms with E-state index in [4.69, 9.17) is 11.6 Å². The summed E-state index contributed by atoms with van der Waals surface area (Å²) in [7, 11) is 0. The molecule has 0 fully saturated rings. The van der Waals surface area contributed by atoms with Crippen molar-refractivity contribution in [1.82, 2.24) is 15.1 Å². The molecule has 2 aliphatic heterocycles. The Bertz CT molecular complexity index is 1080. The molecule has 7 heteroatoms. The molecule has 3 rings (SSSR count). The predicted octanol–water partition coefficient (Wildman–Crippen LogP) is 7.96. The Morgan fingerprint density at radius 2 is 1.79 bits per heavy atom. The number of halogens is 1. The van der Waals surface area contributed by atoms with Crippen molar-refractivity contribution in [2.24, 2.45) is 4.99 Å². The first-order chi connectivity index (χ1) is 20.4. The van der Waals surface area contributed by atoms with Crippen LogP contribution in [0.1, 0.15) is 86.3 Å². The molecule has 0 radical (unpaired) electrons. The average Bonchev–Trinajstić information content (AvgIpc) is 3.06. The highest BCUT2D eigenvalue weighted by Crippen LogP contribution is 2.17. The summed E-state index contributed by atoms with van der Waals surface area (Å²) >= 11 is 6.03. The maximum absolute atomic E-state index is 13.5. The standard InChI is InChI=1S/C29H37ClN4O2.3C2H6/c1-4-26(30)10-6-11-27(35)33-19-16-22(2)8-5-9-23(3)34(28(36)21-33)20-24-12-14-25(15-13-24)29-31-17-7-18-32-29;3*1-2/h4-6,8-10,12-16,27,35H,7,11,17-21H2,1-3H3,(H,31,32);3*1-2H3/b8-5-,10-6-,22-16+,23-9+,26-4+;;;. The summed E-state index contributed by atoms with van der Waals surface area (Å²) in [6.07, 6.45) is 14.0. The Labute approximate surface area is 261 Å². The van der Waals surface area contributed by atoms with Crippen molar-refractivity contribution < 1.29 is 9.90 Å². The molecule has 234 valence electrons. The monoisotopic (exact) mass is 598 g/mol. The Morgan fingerprint density at radius 1 is 1.12 bits per heavy atom. The summed E-state index contributed by atoms with van der Waals surface area (Å²) in [5.41, 5.74) is 4.00. The van der Waals surface area contributed by atoms with Crippen molar-refractivity contribution in [3.8, 4) is 0 Å². The molecule has 1 aromatic carbocycles. The Hall–Kier alpha value is -2.93. The van der Waals surface area contributed by atoms with E-state index in [2.05, 4.69) is 10.3 Å². The van der Waals surface area contributed by atoms with Gasteiger partial charge in [0.25, 0.3) is 0 Å². The number of allylic oxidation sites excluding steroid dienone is 8. The zero-order valence-corrected chi connectivity index (χ0v) is 28.2. The lowest BCUT2D eigenvalue weighted by Crippen LogP contribution is -2.44. The van der Waals surface area contributed by atoms with Crippen molar-refractivity contribution in [3.05, 3.63) is 94.2 Å². The fourth-order valence-corrected chi connectivity index (χ4v) is 4.03. The number of carbonyl (C=O) groups is 1. The van der Waals surface area contributed by atoms with E-state index in [1.165, 1.54) is 0 Å². The summed E-state index contributed by atoms with van der Waals surface area (Å²) in [5, 5.41) is 14.8. The van der Waals surface area contributed by atoms with Gasteiger partial charge in [-0.2, -0.15) is 0 Å². The zero-order valence-electron chi connectivity index (χ0n) is 27.5. The Morgan fingerprint density at radius 3 is 2.38 bits per heavy atom. The third-order valence-corrected chi connectivity index (χ3v) is 6.54. The van der Waals surface area contributed by atoms with E-state index in [1.54, 1.807) is 22.0 Å². The maximum Gasteiger partial charge on any atom is 0.241 e. The summed E-state index contributed by atoms with van der Waals surface area (Å²) in [4.78, 5) is 21.6. The number of rotatable bonds is 7. The Kier molecular flexibility index (Phi) is 22.0. The lowest BCUT2D eigenvalue weighted by molar-refractivity contribution is -0.133. The van der Waals surface area contributed by atoms with E-state index in [1.807, 2.05) is 117 Å². The molecule has 6 nitrogen and oxygen atoms in total. The fourth-order valence-electron chi connectivity index (χ4n) is 3.94. The van der Waals surface area contributed by atoms with Gasteiger partial charge in [-0.1, -0.05) is 113 Å². The van der Waals surface area contributed by atoms with Crippen molar-refractivity contribution >= 4 is 23.3 Å². The van der Waals surface area contributed by atoms with Gasteiger partial charge in [-0.15, -0.1) is 0 Å². The number of nitrogens with one attached hydrogen (secondary N) is 1. The highest BCUT2D eigenvalue weighted by molar-refractivity contribution is 6.31. The van der Waals surface area contributed by atoms with Crippen LogP contribution >= 0.6 is 11.6 Å². The Balaban J connectivity index is 0.00000263. The summed E-state index contributed by atoms with van der Waals surface area (Å²) < 4.78 is 0. The normalized spacial score (nSPS) is 20.3. The SMILES string of the molecule is C/C=C(Cl)\C=C/CC(O)N1C/C=C(C)/C=C\C=C(/C)N(Cc2ccc(C3=NCCCN3)cc2)C(=O)C1.CC.CC.CC. The third kappa shape index (κ3) is 14.3. The van der Waals surface area contributed by atoms with Gasteiger partial charge >= 0.3 is 0 Å². The molecule has 0 saturated heterocycles. The van der Waals surface area contributed by atoms with Crippen molar-refractivity contribution in [2.45, 2.75) is 87.9 Å². The van der Waals surface area contributed by atoms with Crippen molar-refractivity contribution in [2.75, 3.05) is 26.2 Å². The smallest absolute Gasteiger partial charge is 0.241 e. The van der Waals surface area contributed by atoms with E-state index in [9.17, 15) is 9.90 Å². The van der Waals surface area contributed by atoms with Gasteiger partial charge in [0, 0.05) is 42.3 Å². The minimum atomic E-state index is -0.811. The van der Waals surface area contributed by atoms with Gasteiger partial charge in [-0.3, -0.25) is 14.7 Å². The zero-order chi connectivity index (χ0) is 31.9. The van der Waals surface area contributed by atoms with Gasteiger partial charge in [-0.05, 0) is 44.9 Å². The number of aliphatic imine (C=N–C) groups is 1. The van der Waals surface area contributed by atoms with Gasteiger partial charge in [-0.25, -0.2) is 0 Å². The first kappa shape index (κ1) is 39.1.